The average Bonchev–Trinajstić information content (AvgIpc) is 2.49. The molecule has 0 aliphatic heterocycles. The van der Waals surface area contributed by atoms with E-state index in [0.29, 0.717) is 0 Å². The summed E-state index contributed by atoms with van der Waals surface area (Å²) >= 11 is 0. The van der Waals surface area contributed by atoms with Gasteiger partial charge in [0.15, 0.2) is 0 Å². The Labute approximate surface area is 128 Å². The zero-order chi connectivity index (χ0) is 16.0. The Kier molecular flexibility index (Phi) is 15.3. The SMILES string of the molecule is C=C/C(C)=C(\C)CC.C=C/C=C(\CC)C(CC)CCC. The summed E-state index contributed by atoms with van der Waals surface area (Å²) in [6.45, 7) is 20.6. The fourth-order valence-corrected chi connectivity index (χ4v) is 2.15. The molecular weight excluding hydrogens is 240 g/mol. The summed E-state index contributed by atoms with van der Waals surface area (Å²) in [6.07, 6.45) is 12.2. The topological polar surface area (TPSA) is 0 Å². The highest BCUT2D eigenvalue weighted by Crippen LogP contribution is 2.23. The third-order valence-corrected chi connectivity index (χ3v) is 3.90. The Hall–Kier alpha value is -1.04. The molecule has 0 saturated heterocycles. The van der Waals surface area contributed by atoms with Crippen molar-refractivity contribution >= 4 is 0 Å². The van der Waals surface area contributed by atoms with Crippen molar-refractivity contribution in [2.75, 3.05) is 0 Å². The van der Waals surface area contributed by atoms with Gasteiger partial charge in [-0.15, -0.1) is 0 Å². The van der Waals surface area contributed by atoms with Crippen molar-refractivity contribution in [1.82, 2.24) is 0 Å². The second kappa shape index (κ2) is 14.4. The highest BCUT2D eigenvalue weighted by Gasteiger charge is 2.08. The van der Waals surface area contributed by atoms with Gasteiger partial charge in [-0.05, 0) is 45.4 Å². The molecular formula is C20H36. The molecule has 0 heteroatoms. The Morgan fingerprint density at radius 1 is 1.00 bits per heavy atom. The molecule has 20 heavy (non-hydrogen) atoms. The molecule has 0 aliphatic carbocycles. The minimum atomic E-state index is 0.790. The van der Waals surface area contributed by atoms with Crippen LogP contribution < -0.4 is 0 Å². The van der Waals surface area contributed by atoms with Gasteiger partial charge in [0.25, 0.3) is 0 Å². The van der Waals surface area contributed by atoms with Crippen molar-refractivity contribution in [1.29, 1.82) is 0 Å². The number of hydrogen-bond acceptors (Lipinski definition) is 0. The lowest BCUT2D eigenvalue weighted by atomic mass is 9.90. The van der Waals surface area contributed by atoms with Crippen molar-refractivity contribution in [3.63, 3.8) is 0 Å². The van der Waals surface area contributed by atoms with Crippen LogP contribution in [-0.4, -0.2) is 0 Å². The summed E-state index contributed by atoms with van der Waals surface area (Å²) in [6, 6.07) is 0. The molecule has 0 aliphatic rings. The van der Waals surface area contributed by atoms with Gasteiger partial charge in [0.1, 0.15) is 0 Å². The first-order chi connectivity index (χ1) is 9.51. The molecule has 0 heterocycles. The molecule has 0 N–H and O–H groups in total. The fraction of sp³-hybridized carbons (Fsp3) is 0.600. The molecule has 0 rings (SSSR count). The lowest BCUT2D eigenvalue weighted by Crippen LogP contribution is -2.01. The zero-order valence-corrected chi connectivity index (χ0v) is 14.8. The van der Waals surface area contributed by atoms with Gasteiger partial charge in [-0.25, -0.2) is 0 Å². The number of rotatable bonds is 8. The highest BCUT2D eigenvalue weighted by molar-refractivity contribution is 5.19. The highest BCUT2D eigenvalue weighted by atomic mass is 14.1. The Morgan fingerprint density at radius 2 is 1.60 bits per heavy atom. The molecule has 0 radical (unpaired) electrons. The van der Waals surface area contributed by atoms with Crippen LogP contribution in [0, 0.1) is 5.92 Å². The molecule has 0 amide bonds. The summed E-state index contributed by atoms with van der Waals surface area (Å²) in [7, 11) is 0. The van der Waals surface area contributed by atoms with E-state index in [0.717, 1.165) is 12.3 Å². The molecule has 0 aromatic heterocycles. The third-order valence-electron chi connectivity index (χ3n) is 3.90. The molecule has 0 spiro atoms. The van der Waals surface area contributed by atoms with E-state index in [1.54, 1.807) is 5.57 Å². The van der Waals surface area contributed by atoms with E-state index in [4.69, 9.17) is 0 Å². The summed E-state index contributed by atoms with van der Waals surface area (Å²) in [5.74, 6) is 0.790. The summed E-state index contributed by atoms with van der Waals surface area (Å²) in [4.78, 5) is 0. The second-order valence-corrected chi connectivity index (χ2v) is 5.25. The first kappa shape index (κ1) is 21.3. The molecule has 0 saturated carbocycles. The van der Waals surface area contributed by atoms with E-state index >= 15 is 0 Å². The van der Waals surface area contributed by atoms with Gasteiger partial charge in [0.2, 0.25) is 0 Å². The Morgan fingerprint density at radius 3 is 1.85 bits per heavy atom. The van der Waals surface area contributed by atoms with Gasteiger partial charge < -0.3 is 0 Å². The smallest absolute Gasteiger partial charge is 0.0203 e. The van der Waals surface area contributed by atoms with Gasteiger partial charge in [-0.3, -0.25) is 0 Å². The largest absolute Gasteiger partial charge is 0.0991 e. The van der Waals surface area contributed by atoms with E-state index in [-0.39, 0.29) is 0 Å². The van der Waals surface area contributed by atoms with Crippen molar-refractivity contribution < 1.29 is 0 Å². The van der Waals surface area contributed by atoms with E-state index < -0.39 is 0 Å². The van der Waals surface area contributed by atoms with E-state index in [1.807, 2.05) is 12.2 Å². The average molecular weight is 277 g/mol. The molecule has 0 bridgehead atoms. The fourth-order valence-electron chi connectivity index (χ4n) is 2.15. The Bertz CT molecular complexity index is 315. The van der Waals surface area contributed by atoms with Gasteiger partial charge in [0.05, 0.1) is 0 Å². The molecule has 1 atom stereocenters. The predicted molar refractivity (Wildman–Crippen MR) is 96.1 cm³/mol. The predicted octanol–water partition coefficient (Wildman–Crippen LogP) is 7.25. The lowest BCUT2D eigenvalue weighted by Gasteiger charge is -2.16. The van der Waals surface area contributed by atoms with Crippen molar-refractivity contribution in [2.45, 2.75) is 73.6 Å². The van der Waals surface area contributed by atoms with Crippen LogP contribution in [0.25, 0.3) is 0 Å². The Balaban J connectivity index is 0. The molecule has 0 fully saturated rings. The van der Waals surface area contributed by atoms with Gasteiger partial charge in [-0.2, -0.15) is 0 Å². The van der Waals surface area contributed by atoms with Gasteiger partial charge in [-0.1, -0.05) is 82.2 Å². The minimum absolute atomic E-state index is 0.790. The van der Waals surface area contributed by atoms with Crippen molar-refractivity contribution in [3.05, 3.63) is 48.1 Å². The van der Waals surface area contributed by atoms with Gasteiger partial charge in [0, 0.05) is 0 Å². The van der Waals surface area contributed by atoms with Crippen molar-refractivity contribution in [2.24, 2.45) is 5.92 Å². The first-order valence-electron chi connectivity index (χ1n) is 8.12. The first-order valence-corrected chi connectivity index (χ1v) is 8.12. The number of allylic oxidation sites excluding steroid dienone is 6. The van der Waals surface area contributed by atoms with E-state index in [9.17, 15) is 0 Å². The van der Waals surface area contributed by atoms with Crippen LogP contribution in [-0.2, 0) is 0 Å². The lowest BCUT2D eigenvalue weighted by molar-refractivity contribution is 0.522. The van der Waals surface area contributed by atoms with Crippen LogP contribution in [0.2, 0.25) is 0 Å². The summed E-state index contributed by atoms with van der Waals surface area (Å²) < 4.78 is 0. The second-order valence-electron chi connectivity index (χ2n) is 5.25. The van der Waals surface area contributed by atoms with Crippen molar-refractivity contribution in [3.8, 4) is 0 Å². The van der Waals surface area contributed by atoms with E-state index in [2.05, 4.69) is 60.8 Å². The standard InChI is InChI=1S/C12H22.C8H14/c1-5-9-11(7-3)12(8-4)10-6-2;1-5-7(3)8(4)6-2/h5,9,12H,1,6-8,10H2,2-4H3;5H,1,6H2,2-4H3/b11-9+;8-7+. The number of hydrogen-bond donors (Lipinski definition) is 0. The quantitative estimate of drug-likeness (QED) is 0.409. The van der Waals surface area contributed by atoms with Crippen LogP contribution >= 0.6 is 0 Å². The van der Waals surface area contributed by atoms with Crippen LogP contribution in [0.1, 0.15) is 73.6 Å². The maximum Gasteiger partial charge on any atom is -0.0203 e. The zero-order valence-electron chi connectivity index (χ0n) is 14.8. The van der Waals surface area contributed by atoms with Crippen LogP contribution in [0.4, 0.5) is 0 Å². The molecule has 116 valence electrons. The third kappa shape index (κ3) is 9.83. The maximum atomic E-state index is 3.75. The van der Waals surface area contributed by atoms with E-state index in [1.165, 1.54) is 36.8 Å². The monoisotopic (exact) mass is 276 g/mol. The summed E-state index contributed by atoms with van der Waals surface area (Å²) in [5, 5.41) is 0. The molecule has 1 unspecified atom stereocenters. The molecule has 0 aromatic carbocycles. The normalized spacial score (nSPS) is 13.8. The molecule has 0 nitrogen and oxygen atoms in total. The van der Waals surface area contributed by atoms with Crippen LogP contribution in [0.3, 0.4) is 0 Å². The molecule has 0 aromatic rings. The van der Waals surface area contributed by atoms with Gasteiger partial charge >= 0.3 is 0 Å². The van der Waals surface area contributed by atoms with Crippen LogP contribution in [0.15, 0.2) is 48.1 Å². The minimum Gasteiger partial charge on any atom is -0.0991 e. The van der Waals surface area contributed by atoms with Crippen LogP contribution in [0.5, 0.6) is 0 Å². The summed E-state index contributed by atoms with van der Waals surface area (Å²) in [5.41, 5.74) is 4.31. The maximum absolute atomic E-state index is 3.75.